The van der Waals surface area contributed by atoms with E-state index in [-0.39, 0.29) is 0 Å². The van der Waals surface area contributed by atoms with Crippen LogP contribution in [0.15, 0.2) is 0 Å². The van der Waals surface area contributed by atoms with Crippen LogP contribution in [0.4, 0.5) is 0 Å². The van der Waals surface area contributed by atoms with Gasteiger partial charge in [-0.15, -0.1) is 0 Å². The van der Waals surface area contributed by atoms with Crippen LogP contribution in [0.25, 0.3) is 0 Å². The molecule has 0 bridgehead atoms. The van der Waals surface area contributed by atoms with Crippen LogP contribution in [0.2, 0.25) is 18.6 Å². The van der Waals surface area contributed by atoms with Crippen molar-refractivity contribution in [2.24, 2.45) is 0 Å². The van der Waals surface area contributed by atoms with E-state index in [0.29, 0.717) is 0 Å². The third-order valence-corrected chi connectivity index (χ3v) is 7.97. The summed E-state index contributed by atoms with van der Waals surface area (Å²) in [5.74, 6) is 0. The number of nitrogens with zero attached hydrogens (tertiary/aromatic N) is 1. The zero-order valence-electron chi connectivity index (χ0n) is 8.78. The van der Waals surface area contributed by atoms with Gasteiger partial charge in [-0.25, -0.2) is 0 Å². The quantitative estimate of drug-likeness (QED) is 0.578. The van der Waals surface area contributed by atoms with Crippen molar-refractivity contribution in [2.45, 2.75) is 45.3 Å². The zero-order valence-corrected chi connectivity index (χ0v) is 9.78. The van der Waals surface area contributed by atoms with Gasteiger partial charge in [0.25, 0.3) is 0 Å². The lowest BCUT2D eigenvalue weighted by Gasteiger charge is -2.33. The average molecular weight is 173 g/mol. The van der Waals surface area contributed by atoms with Crippen LogP contribution in [0.1, 0.15) is 26.7 Å². The highest BCUT2D eigenvalue weighted by Gasteiger charge is 2.27. The zero-order chi connectivity index (χ0) is 8.91. The fourth-order valence-corrected chi connectivity index (χ4v) is 4.95. The Kier molecular flexibility index (Phi) is 5.02. The molecule has 0 N–H and O–H groups in total. The molecule has 0 rings (SSSR count). The number of hydrogen-bond acceptors (Lipinski definition) is 1. The summed E-state index contributed by atoms with van der Waals surface area (Å²) in [6.07, 6.45) is 2.70. The van der Waals surface area contributed by atoms with Gasteiger partial charge in [0.05, 0.1) is 0 Å². The maximum atomic E-state index is 2.50. The van der Waals surface area contributed by atoms with E-state index < -0.39 is 8.24 Å². The molecule has 11 heavy (non-hydrogen) atoms. The Morgan fingerprint density at radius 2 is 1.36 bits per heavy atom. The summed E-state index contributed by atoms with van der Waals surface area (Å²) in [6, 6.07) is 2.90. The molecule has 0 radical (unpaired) electrons. The molecule has 68 valence electrons. The molecule has 0 saturated carbocycles. The molecule has 0 aliphatic carbocycles. The normalized spacial score (nSPS) is 12.5. The second-order valence-corrected chi connectivity index (χ2v) is 8.78. The number of rotatable bonds is 5. The monoisotopic (exact) mass is 173 g/mol. The maximum absolute atomic E-state index is 2.50. The number of hydrogen-bond donors (Lipinski definition) is 0. The van der Waals surface area contributed by atoms with Gasteiger partial charge >= 0.3 is 0 Å². The first-order valence-electron chi connectivity index (χ1n) is 4.74. The molecule has 0 amide bonds. The van der Waals surface area contributed by atoms with E-state index in [0.717, 1.165) is 0 Å². The third-order valence-electron chi connectivity index (χ3n) is 2.66. The van der Waals surface area contributed by atoms with Gasteiger partial charge in [0.2, 0.25) is 0 Å². The minimum absolute atomic E-state index is 0.993. The van der Waals surface area contributed by atoms with Crippen LogP contribution in [-0.2, 0) is 0 Å². The summed E-state index contributed by atoms with van der Waals surface area (Å²) in [6.45, 7) is 7.09. The summed E-state index contributed by atoms with van der Waals surface area (Å²) in [5, 5.41) is 0. The van der Waals surface area contributed by atoms with Crippen LogP contribution in [0.5, 0.6) is 0 Å². The summed E-state index contributed by atoms with van der Waals surface area (Å²) < 4.78 is 2.50. The molecule has 0 heterocycles. The highest BCUT2D eigenvalue weighted by atomic mass is 28.3. The van der Waals surface area contributed by atoms with Gasteiger partial charge in [0.1, 0.15) is 8.24 Å². The Labute approximate surface area is 72.9 Å². The predicted molar refractivity (Wildman–Crippen MR) is 55.5 cm³/mol. The maximum Gasteiger partial charge on any atom is 0.124 e. The molecular formula is C9H23NSi. The van der Waals surface area contributed by atoms with Crippen molar-refractivity contribution in [3.05, 3.63) is 0 Å². The van der Waals surface area contributed by atoms with Crippen molar-refractivity contribution in [1.82, 2.24) is 4.57 Å². The minimum Gasteiger partial charge on any atom is -0.329 e. The molecule has 0 fully saturated rings. The molecule has 0 aromatic heterocycles. The average Bonchev–Trinajstić information content (AvgIpc) is 1.88. The molecule has 1 nitrogen and oxygen atoms in total. The van der Waals surface area contributed by atoms with Crippen molar-refractivity contribution in [3.8, 4) is 0 Å². The third kappa shape index (κ3) is 3.39. The van der Waals surface area contributed by atoms with E-state index in [1.54, 1.807) is 0 Å². The summed E-state index contributed by atoms with van der Waals surface area (Å²) in [5.41, 5.74) is 0. The first-order valence-corrected chi connectivity index (χ1v) is 7.60. The lowest BCUT2D eigenvalue weighted by atomic mass is 10.6. The minimum atomic E-state index is -0.993. The van der Waals surface area contributed by atoms with E-state index in [4.69, 9.17) is 0 Å². The van der Waals surface area contributed by atoms with Gasteiger partial charge in [-0.1, -0.05) is 33.2 Å². The Hall–Kier alpha value is 0.177. The molecule has 0 saturated heterocycles. The van der Waals surface area contributed by atoms with Crippen LogP contribution in [0, 0.1) is 0 Å². The van der Waals surface area contributed by atoms with E-state index in [1.165, 1.54) is 24.9 Å². The lowest BCUT2D eigenvalue weighted by molar-refractivity contribution is 0.600. The van der Waals surface area contributed by atoms with Gasteiger partial charge in [-0.3, -0.25) is 0 Å². The topological polar surface area (TPSA) is 3.24 Å². The highest BCUT2D eigenvalue weighted by molar-refractivity contribution is 6.75. The highest BCUT2D eigenvalue weighted by Crippen LogP contribution is 2.21. The fourth-order valence-electron chi connectivity index (χ4n) is 1.65. The summed E-state index contributed by atoms with van der Waals surface area (Å²) in [4.78, 5) is 0. The van der Waals surface area contributed by atoms with Crippen LogP contribution >= 0.6 is 0 Å². The first-order chi connectivity index (χ1) is 5.06. The van der Waals surface area contributed by atoms with E-state index in [9.17, 15) is 0 Å². The van der Waals surface area contributed by atoms with Crippen molar-refractivity contribution < 1.29 is 0 Å². The molecule has 0 aromatic carbocycles. The Morgan fingerprint density at radius 3 is 1.55 bits per heavy atom. The van der Waals surface area contributed by atoms with Crippen molar-refractivity contribution in [1.29, 1.82) is 0 Å². The van der Waals surface area contributed by atoms with Gasteiger partial charge in [-0.2, -0.15) is 0 Å². The molecule has 0 unspecified atom stereocenters. The Bertz CT molecular complexity index is 95.7. The molecule has 2 heteroatoms. The summed E-state index contributed by atoms with van der Waals surface area (Å²) >= 11 is 0. The SMILES string of the molecule is CCC[Si](C)(CCC)N(C)C. The van der Waals surface area contributed by atoms with Crippen LogP contribution in [-0.4, -0.2) is 26.9 Å². The smallest absolute Gasteiger partial charge is 0.124 e. The van der Waals surface area contributed by atoms with Gasteiger partial charge in [0.15, 0.2) is 0 Å². The van der Waals surface area contributed by atoms with Gasteiger partial charge in [0, 0.05) is 0 Å². The first kappa shape index (κ1) is 11.2. The van der Waals surface area contributed by atoms with Crippen molar-refractivity contribution >= 4 is 8.24 Å². The Balaban J connectivity index is 4.01. The largest absolute Gasteiger partial charge is 0.329 e. The second kappa shape index (κ2) is 4.94. The van der Waals surface area contributed by atoms with Crippen LogP contribution in [0.3, 0.4) is 0 Å². The molecule has 0 aliphatic heterocycles. The van der Waals surface area contributed by atoms with Crippen molar-refractivity contribution in [2.75, 3.05) is 14.1 Å². The lowest BCUT2D eigenvalue weighted by Crippen LogP contribution is -2.46. The fraction of sp³-hybridized carbons (Fsp3) is 1.00. The molecular weight excluding hydrogens is 150 g/mol. The molecule has 0 atom stereocenters. The van der Waals surface area contributed by atoms with Gasteiger partial charge < -0.3 is 4.57 Å². The summed E-state index contributed by atoms with van der Waals surface area (Å²) in [7, 11) is 3.50. The predicted octanol–water partition coefficient (Wildman–Crippen LogP) is 2.94. The molecule has 0 aromatic rings. The van der Waals surface area contributed by atoms with E-state index in [2.05, 4.69) is 39.1 Å². The van der Waals surface area contributed by atoms with E-state index in [1.807, 2.05) is 0 Å². The van der Waals surface area contributed by atoms with Gasteiger partial charge in [-0.05, 0) is 26.2 Å². The standard InChI is InChI=1S/C9H23NSi/c1-6-8-11(5,9-7-2)10(3)4/h6-9H2,1-5H3. The second-order valence-electron chi connectivity index (χ2n) is 3.89. The van der Waals surface area contributed by atoms with Crippen LogP contribution < -0.4 is 0 Å². The Morgan fingerprint density at radius 1 is 1.00 bits per heavy atom. The van der Waals surface area contributed by atoms with Crippen molar-refractivity contribution in [3.63, 3.8) is 0 Å². The molecule has 0 aliphatic rings. The van der Waals surface area contributed by atoms with E-state index >= 15 is 0 Å². The molecule has 0 spiro atoms.